The third kappa shape index (κ3) is 5200. The molecule has 0 radical (unpaired) electrons. The average Bonchev–Trinajstić information content (AvgIpc) is 1.12. The van der Waals surface area contributed by atoms with Crippen LogP contribution < -0.4 is 20.6 Å². The Hall–Kier alpha value is -0.260. The minimum Gasteiger partial charge on any atom is -0.216 e. The summed E-state index contributed by atoms with van der Waals surface area (Å²) >= 11 is 0. The van der Waals surface area contributed by atoms with E-state index in [-0.39, 0.29) is 0 Å². The Morgan fingerprint density at radius 3 is 0.600 bits per heavy atom. The van der Waals surface area contributed by atoms with Crippen LogP contribution in [0.15, 0.2) is 0 Å². The van der Waals surface area contributed by atoms with Crippen molar-refractivity contribution < 1.29 is 16.8 Å². The molecule has 0 aliphatic carbocycles. The van der Waals surface area contributed by atoms with Crippen LogP contribution in [-0.4, -0.2) is 16.8 Å². The molecule has 0 unspecified atom stereocenters. The first kappa shape index (κ1) is 12.4. The highest BCUT2D eigenvalue weighted by Gasteiger charge is 1.79. The quantitative estimate of drug-likeness (QED) is 0.309. The van der Waals surface area contributed by atoms with Crippen LogP contribution in [0, 0.1) is 0 Å². The van der Waals surface area contributed by atoms with E-state index in [1.54, 1.807) is 0 Å². The van der Waals surface area contributed by atoms with Gasteiger partial charge in [-0.2, -0.15) is 16.8 Å². The van der Waals surface area contributed by atoms with Crippen LogP contribution in [0.5, 0.6) is 0 Å². The summed E-state index contributed by atoms with van der Waals surface area (Å²) in [5.41, 5.74) is 0. The third-order valence-corrected chi connectivity index (χ3v) is 0. The molecule has 10 heteroatoms. The molecule has 0 aliphatic rings. The molecule has 0 aromatic carbocycles. The summed E-state index contributed by atoms with van der Waals surface area (Å²) in [6.07, 6.45) is 0. The summed E-state index contributed by atoms with van der Waals surface area (Å²) in [4.78, 5) is 0. The maximum atomic E-state index is 9.19. The van der Waals surface area contributed by atoms with Crippen molar-refractivity contribution in [1.29, 1.82) is 0 Å². The topological polar surface area (TPSA) is 172 Å². The lowest BCUT2D eigenvalue weighted by atomic mass is 13.9. The van der Waals surface area contributed by atoms with Gasteiger partial charge in [0.05, 0.1) is 0 Å². The van der Waals surface area contributed by atoms with Crippen molar-refractivity contribution >= 4 is 20.4 Å². The highest BCUT2D eigenvalue weighted by molar-refractivity contribution is 7.87. The first-order valence-electron chi connectivity index (χ1n) is 1.61. The third-order valence-electron chi connectivity index (χ3n) is 0. The molecule has 0 aromatic heterocycles. The maximum Gasteiger partial charge on any atom is 0.271 e. The van der Waals surface area contributed by atoms with Crippen molar-refractivity contribution in [2.75, 3.05) is 0 Å². The molecule has 0 aromatic rings. The van der Waals surface area contributed by atoms with E-state index in [0.717, 1.165) is 0 Å². The summed E-state index contributed by atoms with van der Waals surface area (Å²) in [7, 11) is -7.33. The van der Waals surface area contributed by atoms with Crippen molar-refractivity contribution in [3.63, 3.8) is 0 Å². The van der Waals surface area contributed by atoms with Crippen LogP contribution in [-0.2, 0) is 20.4 Å². The summed E-state index contributed by atoms with van der Waals surface area (Å²) in [5, 5.41) is 16.4. The van der Waals surface area contributed by atoms with E-state index in [0.29, 0.717) is 0 Å². The lowest BCUT2D eigenvalue weighted by molar-refractivity contribution is 0.597. The van der Waals surface area contributed by atoms with Gasteiger partial charge in [0.2, 0.25) is 0 Å². The fourth-order valence-corrected chi connectivity index (χ4v) is 0. The van der Waals surface area contributed by atoms with E-state index in [9.17, 15) is 16.8 Å². The zero-order valence-electron chi connectivity index (χ0n) is 4.76. The van der Waals surface area contributed by atoms with Crippen molar-refractivity contribution in [3.05, 3.63) is 0 Å². The van der Waals surface area contributed by atoms with Crippen molar-refractivity contribution in [1.82, 2.24) is 0 Å². The average molecular weight is 192 g/mol. The van der Waals surface area contributed by atoms with Gasteiger partial charge in [0.1, 0.15) is 0 Å². The van der Waals surface area contributed by atoms with Gasteiger partial charge < -0.3 is 0 Å². The Balaban J connectivity index is 0. The minimum atomic E-state index is -3.67. The maximum absolute atomic E-state index is 9.19. The van der Waals surface area contributed by atoms with Crippen LogP contribution in [0.3, 0.4) is 0 Å². The fourth-order valence-electron chi connectivity index (χ4n) is 0. The van der Waals surface area contributed by atoms with Gasteiger partial charge in [0, 0.05) is 0 Å². The predicted molar refractivity (Wildman–Crippen MR) is 34.6 cm³/mol. The summed E-state index contributed by atoms with van der Waals surface area (Å²) < 4.78 is 36.8. The summed E-state index contributed by atoms with van der Waals surface area (Å²) in [6, 6.07) is 0. The molecule has 10 heavy (non-hydrogen) atoms. The van der Waals surface area contributed by atoms with E-state index in [4.69, 9.17) is 0 Å². The molecule has 0 aliphatic heterocycles. The number of hydrogen-bond acceptors (Lipinski definition) is 4. The van der Waals surface area contributed by atoms with Gasteiger partial charge in [0.25, 0.3) is 20.4 Å². The molecule has 0 heterocycles. The molecule has 0 saturated carbocycles. The van der Waals surface area contributed by atoms with E-state index < -0.39 is 20.4 Å². The van der Waals surface area contributed by atoms with Crippen LogP contribution in [0.2, 0.25) is 0 Å². The zero-order chi connectivity index (χ0) is 9.00. The monoisotopic (exact) mass is 192 g/mol. The SMILES string of the molecule is NS(N)(=O)=O.NS(N)(=O)=O. The highest BCUT2D eigenvalue weighted by atomic mass is 32.2. The molecule has 8 N–H and O–H groups in total. The number of hydrogen-bond donors (Lipinski definition) is 4. The smallest absolute Gasteiger partial charge is 0.216 e. The van der Waals surface area contributed by atoms with E-state index in [2.05, 4.69) is 20.6 Å². The second kappa shape index (κ2) is 3.80. The largest absolute Gasteiger partial charge is 0.271 e. The molecular weight excluding hydrogens is 184 g/mol. The second-order valence-electron chi connectivity index (χ2n) is 1.18. The van der Waals surface area contributed by atoms with Gasteiger partial charge in [0.15, 0.2) is 0 Å². The number of rotatable bonds is 0. The predicted octanol–water partition coefficient (Wildman–Crippen LogP) is -3.70. The van der Waals surface area contributed by atoms with E-state index >= 15 is 0 Å². The van der Waals surface area contributed by atoms with Crippen LogP contribution >= 0.6 is 0 Å². The highest BCUT2D eigenvalue weighted by Crippen LogP contribution is 1.41. The second-order valence-corrected chi connectivity index (χ2v) is 3.53. The van der Waals surface area contributed by atoms with Crippen LogP contribution in [0.4, 0.5) is 0 Å². The van der Waals surface area contributed by atoms with Crippen molar-refractivity contribution in [2.45, 2.75) is 0 Å². The van der Waals surface area contributed by atoms with Gasteiger partial charge in [-0.15, -0.1) is 0 Å². The molecule has 0 spiro atoms. The molecule has 0 fully saturated rings. The van der Waals surface area contributed by atoms with Gasteiger partial charge in [-0.1, -0.05) is 0 Å². The molecule has 0 atom stereocenters. The molecule has 0 amide bonds. The first-order chi connectivity index (χ1) is 4.00. The Kier molecular flexibility index (Phi) is 4.72. The lowest BCUT2D eigenvalue weighted by Gasteiger charge is -1.72. The Morgan fingerprint density at radius 1 is 0.600 bits per heavy atom. The Bertz CT molecular complexity index is 212. The van der Waals surface area contributed by atoms with Gasteiger partial charge in [-0.3, -0.25) is 0 Å². The normalized spacial score (nSPS) is 11.6. The number of nitrogens with two attached hydrogens (primary N) is 4. The molecule has 0 bridgehead atoms. The summed E-state index contributed by atoms with van der Waals surface area (Å²) in [5.74, 6) is 0. The molecule has 0 saturated heterocycles. The Morgan fingerprint density at radius 2 is 0.600 bits per heavy atom. The van der Waals surface area contributed by atoms with E-state index in [1.165, 1.54) is 0 Å². The van der Waals surface area contributed by atoms with Crippen LogP contribution in [0.25, 0.3) is 0 Å². The lowest BCUT2D eigenvalue weighted by Crippen LogP contribution is -2.21. The molecule has 8 nitrogen and oxygen atoms in total. The first-order valence-corrected chi connectivity index (χ1v) is 4.83. The molecule has 64 valence electrons. The van der Waals surface area contributed by atoms with Crippen molar-refractivity contribution in [2.24, 2.45) is 20.6 Å². The molecule has 0 rings (SSSR count). The van der Waals surface area contributed by atoms with Gasteiger partial charge in [-0.25, -0.2) is 20.6 Å². The van der Waals surface area contributed by atoms with E-state index in [1.807, 2.05) is 0 Å². The van der Waals surface area contributed by atoms with Crippen molar-refractivity contribution in [3.8, 4) is 0 Å². The van der Waals surface area contributed by atoms with Gasteiger partial charge >= 0.3 is 0 Å². The standard InChI is InChI=1S/2H4N2O2S/c2*1-5(2,3)4/h2*(H4,1,2,3,4). The Labute approximate surface area is 58.5 Å². The summed E-state index contributed by atoms with van der Waals surface area (Å²) in [6.45, 7) is 0. The molecular formula is H8N4O4S2. The fraction of sp³-hybridized carbons (Fsp3) is 0. The van der Waals surface area contributed by atoms with Gasteiger partial charge in [-0.05, 0) is 0 Å². The van der Waals surface area contributed by atoms with Crippen LogP contribution in [0.1, 0.15) is 0 Å². The minimum absolute atomic E-state index is 3.67. The zero-order valence-corrected chi connectivity index (χ0v) is 6.39.